The van der Waals surface area contributed by atoms with Gasteiger partial charge in [-0.3, -0.25) is 5.01 Å². The molecule has 0 fully saturated rings. The summed E-state index contributed by atoms with van der Waals surface area (Å²) in [4.78, 5) is 0. The monoisotopic (exact) mass is 218 g/mol. The van der Waals surface area contributed by atoms with E-state index in [1.54, 1.807) is 0 Å². The van der Waals surface area contributed by atoms with Crippen LogP contribution in [0.1, 0.15) is 6.42 Å². The lowest BCUT2D eigenvalue weighted by Gasteiger charge is -2.15. The molecular weight excluding hydrogens is 200 g/mol. The highest BCUT2D eigenvalue weighted by Crippen LogP contribution is 2.21. The van der Waals surface area contributed by atoms with Gasteiger partial charge in [-0.25, -0.2) is 0 Å². The second-order valence-electron chi connectivity index (χ2n) is 5.01. The van der Waals surface area contributed by atoms with Gasteiger partial charge in [0.15, 0.2) is 0 Å². The van der Waals surface area contributed by atoms with Crippen molar-refractivity contribution in [1.82, 2.24) is 0 Å². The van der Waals surface area contributed by atoms with Crippen molar-refractivity contribution in [3.8, 4) is 0 Å². The normalized spacial score (nSPS) is 16.7. The van der Waals surface area contributed by atoms with Crippen molar-refractivity contribution < 1.29 is 0 Å². The van der Waals surface area contributed by atoms with Gasteiger partial charge in [0.2, 0.25) is 0 Å². The van der Waals surface area contributed by atoms with E-state index in [0.717, 1.165) is 13.0 Å². The Hall–Kier alpha value is -1.09. The third kappa shape index (κ3) is 2.29. The highest BCUT2D eigenvalue weighted by Gasteiger charge is 2.27. The maximum absolute atomic E-state index is 4.74. The maximum Gasteiger partial charge on any atom is 0.0983 e. The molecule has 15 heavy (non-hydrogen) atoms. The SMILES string of the molecule is C[Si](C)(C)C1=NN(c2ccccc2)CC1. The Morgan fingerprint density at radius 3 is 2.33 bits per heavy atom. The van der Waals surface area contributed by atoms with E-state index in [1.165, 1.54) is 11.0 Å². The van der Waals surface area contributed by atoms with Crippen LogP contribution in [0.5, 0.6) is 0 Å². The molecule has 2 nitrogen and oxygen atoms in total. The summed E-state index contributed by atoms with van der Waals surface area (Å²) in [5.41, 5.74) is 1.21. The predicted molar refractivity (Wildman–Crippen MR) is 69.2 cm³/mol. The van der Waals surface area contributed by atoms with Gasteiger partial charge in [0.25, 0.3) is 0 Å². The zero-order chi connectivity index (χ0) is 10.9. The van der Waals surface area contributed by atoms with E-state index in [1.807, 2.05) is 6.07 Å². The Labute approximate surface area is 92.6 Å². The van der Waals surface area contributed by atoms with Crippen molar-refractivity contribution in [2.45, 2.75) is 26.1 Å². The van der Waals surface area contributed by atoms with Gasteiger partial charge < -0.3 is 0 Å². The molecule has 0 saturated carbocycles. The number of hydrogen-bond acceptors (Lipinski definition) is 2. The first kappa shape index (κ1) is 10.4. The number of rotatable bonds is 2. The van der Waals surface area contributed by atoms with E-state index in [9.17, 15) is 0 Å². The summed E-state index contributed by atoms with van der Waals surface area (Å²) in [5, 5.41) is 8.31. The molecule has 1 aromatic carbocycles. The number of hydrogen-bond donors (Lipinski definition) is 0. The van der Waals surface area contributed by atoms with Crippen LogP contribution < -0.4 is 5.01 Å². The van der Waals surface area contributed by atoms with E-state index in [-0.39, 0.29) is 0 Å². The lowest BCUT2D eigenvalue weighted by molar-refractivity contribution is 0.922. The van der Waals surface area contributed by atoms with Gasteiger partial charge in [-0.15, -0.1) is 0 Å². The third-order valence-corrected chi connectivity index (χ3v) is 4.80. The van der Waals surface area contributed by atoms with Gasteiger partial charge in [-0.2, -0.15) is 5.10 Å². The van der Waals surface area contributed by atoms with Crippen LogP contribution in [0.4, 0.5) is 5.69 Å². The minimum absolute atomic E-state index is 1.05. The number of hydrazone groups is 1. The second kappa shape index (κ2) is 3.81. The molecule has 1 aromatic rings. The van der Waals surface area contributed by atoms with Gasteiger partial charge in [-0.1, -0.05) is 37.8 Å². The maximum atomic E-state index is 4.74. The highest BCUT2D eigenvalue weighted by molar-refractivity contribution is 7.04. The van der Waals surface area contributed by atoms with Crippen LogP contribution >= 0.6 is 0 Å². The molecule has 1 aliphatic heterocycles. The van der Waals surface area contributed by atoms with E-state index >= 15 is 0 Å². The minimum atomic E-state index is -1.19. The summed E-state index contributed by atoms with van der Waals surface area (Å²) in [7, 11) is -1.19. The molecule has 0 spiro atoms. The molecule has 1 aliphatic rings. The Bertz CT molecular complexity index is 365. The Balaban J connectivity index is 2.20. The molecule has 2 rings (SSSR count). The summed E-state index contributed by atoms with van der Waals surface area (Å²) in [5.74, 6) is 0. The van der Waals surface area contributed by atoms with Crippen LogP contribution in [0, 0.1) is 0 Å². The number of nitrogens with zero attached hydrogens (tertiary/aromatic N) is 2. The van der Waals surface area contributed by atoms with Crippen LogP contribution in [-0.2, 0) is 0 Å². The van der Waals surface area contributed by atoms with Crippen LogP contribution in [-0.4, -0.2) is 20.0 Å². The third-order valence-electron chi connectivity index (χ3n) is 2.72. The standard InChI is InChI=1S/C12H18N2Si/c1-15(2,3)12-9-10-14(13-12)11-7-5-4-6-8-11/h4-8H,9-10H2,1-3H3. The Morgan fingerprint density at radius 1 is 1.13 bits per heavy atom. The highest BCUT2D eigenvalue weighted by atomic mass is 28.3. The van der Waals surface area contributed by atoms with Crippen molar-refractivity contribution >= 4 is 19.1 Å². The van der Waals surface area contributed by atoms with E-state index < -0.39 is 8.07 Å². The molecule has 3 heteroatoms. The summed E-state index contributed by atoms with van der Waals surface area (Å²) in [6.45, 7) is 8.13. The smallest absolute Gasteiger partial charge is 0.0983 e. The first-order valence-electron chi connectivity index (χ1n) is 5.48. The molecule has 0 amide bonds. The molecule has 80 valence electrons. The Kier molecular flexibility index (Phi) is 2.65. The van der Waals surface area contributed by atoms with Gasteiger partial charge in [0.05, 0.1) is 13.8 Å². The first-order chi connectivity index (χ1) is 7.07. The number of para-hydroxylation sites is 1. The van der Waals surface area contributed by atoms with Crippen LogP contribution in [0.2, 0.25) is 19.6 Å². The number of anilines is 1. The lowest BCUT2D eigenvalue weighted by Crippen LogP contribution is -2.32. The van der Waals surface area contributed by atoms with Gasteiger partial charge >= 0.3 is 0 Å². The zero-order valence-corrected chi connectivity index (χ0v) is 10.7. The van der Waals surface area contributed by atoms with E-state index in [4.69, 9.17) is 5.10 Å². The average molecular weight is 218 g/mol. The molecule has 0 atom stereocenters. The van der Waals surface area contributed by atoms with Gasteiger partial charge in [-0.05, 0) is 12.1 Å². The summed E-state index contributed by atoms with van der Waals surface area (Å²) in [6.07, 6.45) is 1.14. The Morgan fingerprint density at radius 2 is 1.80 bits per heavy atom. The molecule has 0 unspecified atom stereocenters. The van der Waals surface area contributed by atoms with Crippen LogP contribution in [0.15, 0.2) is 35.4 Å². The molecule has 0 saturated heterocycles. The second-order valence-corrected chi connectivity index (χ2v) is 10.1. The largest absolute Gasteiger partial charge is 0.266 e. The molecule has 0 aliphatic carbocycles. The fourth-order valence-electron chi connectivity index (χ4n) is 1.77. The number of benzene rings is 1. The molecule has 0 aromatic heterocycles. The lowest BCUT2D eigenvalue weighted by atomic mass is 10.3. The molecular formula is C12H18N2Si. The summed E-state index contributed by atoms with van der Waals surface area (Å²) >= 11 is 0. The quantitative estimate of drug-likeness (QED) is 0.696. The summed E-state index contributed by atoms with van der Waals surface area (Å²) in [6, 6.07) is 10.4. The molecule has 0 bridgehead atoms. The predicted octanol–water partition coefficient (Wildman–Crippen LogP) is 3.13. The molecule has 0 radical (unpaired) electrons. The minimum Gasteiger partial charge on any atom is -0.266 e. The van der Waals surface area contributed by atoms with Crippen molar-refractivity contribution in [3.63, 3.8) is 0 Å². The van der Waals surface area contributed by atoms with E-state index in [0.29, 0.717) is 0 Å². The van der Waals surface area contributed by atoms with Crippen LogP contribution in [0.3, 0.4) is 0 Å². The fourth-order valence-corrected chi connectivity index (χ4v) is 3.05. The topological polar surface area (TPSA) is 15.6 Å². The first-order valence-corrected chi connectivity index (χ1v) is 8.98. The van der Waals surface area contributed by atoms with E-state index in [2.05, 4.69) is 48.9 Å². The van der Waals surface area contributed by atoms with Crippen molar-refractivity contribution in [3.05, 3.63) is 30.3 Å². The van der Waals surface area contributed by atoms with Gasteiger partial charge in [0.1, 0.15) is 0 Å². The summed E-state index contributed by atoms with van der Waals surface area (Å²) < 4.78 is 0. The zero-order valence-electron chi connectivity index (χ0n) is 9.70. The average Bonchev–Trinajstić information content (AvgIpc) is 2.67. The molecule has 0 N–H and O–H groups in total. The van der Waals surface area contributed by atoms with Crippen molar-refractivity contribution in [1.29, 1.82) is 0 Å². The van der Waals surface area contributed by atoms with Gasteiger partial charge in [0, 0.05) is 18.3 Å². The molecule has 1 heterocycles. The fraction of sp³-hybridized carbons (Fsp3) is 0.417. The van der Waals surface area contributed by atoms with Crippen LogP contribution in [0.25, 0.3) is 0 Å². The van der Waals surface area contributed by atoms with Crippen molar-refractivity contribution in [2.24, 2.45) is 5.10 Å². The van der Waals surface area contributed by atoms with Crippen molar-refractivity contribution in [2.75, 3.05) is 11.6 Å².